The lowest BCUT2D eigenvalue weighted by molar-refractivity contribution is -0.119. The summed E-state index contributed by atoms with van der Waals surface area (Å²) in [4.78, 5) is 18.7. The summed E-state index contributed by atoms with van der Waals surface area (Å²) in [7, 11) is 0. The molecule has 3 N–H and O–H groups in total. The van der Waals surface area contributed by atoms with E-state index in [4.69, 9.17) is 15.2 Å². The number of nitrogens with zero attached hydrogens (tertiary/aromatic N) is 2. The highest BCUT2D eigenvalue weighted by molar-refractivity contribution is 5.90. The van der Waals surface area contributed by atoms with Gasteiger partial charge in [0.05, 0.1) is 23.2 Å². The van der Waals surface area contributed by atoms with Crippen LogP contribution in [0.1, 0.15) is 29.4 Å². The number of hydrogen-bond donors (Lipinski definition) is 2. The number of ether oxygens (including phenoxy) is 2. The van der Waals surface area contributed by atoms with Crippen LogP contribution in [-0.2, 0) is 4.79 Å². The first kappa shape index (κ1) is 20.0. The van der Waals surface area contributed by atoms with Crippen LogP contribution in [-0.4, -0.2) is 29.1 Å². The zero-order valence-electron chi connectivity index (χ0n) is 16.6. The third-order valence-electron chi connectivity index (χ3n) is 4.42. The molecular weight excluding hydrogens is 368 g/mol. The molecule has 0 saturated carbocycles. The molecule has 0 spiro atoms. The van der Waals surface area contributed by atoms with E-state index in [0.717, 1.165) is 27.7 Å². The molecule has 0 bridgehead atoms. The number of nitriles is 1. The van der Waals surface area contributed by atoms with Crippen LogP contribution < -0.4 is 15.2 Å². The van der Waals surface area contributed by atoms with Gasteiger partial charge in [0.25, 0.3) is 5.91 Å². The number of carbonyl (C=O) groups excluding carboxylic acids is 1. The van der Waals surface area contributed by atoms with Crippen molar-refractivity contribution in [2.24, 2.45) is 5.73 Å². The maximum Gasteiger partial charge on any atom is 0.255 e. The van der Waals surface area contributed by atoms with E-state index in [1.807, 2.05) is 32.9 Å². The molecule has 0 aliphatic heterocycles. The molecule has 0 unspecified atom stereocenters. The first-order valence-electron chi connectivity index (χ1n) is 9.18. The van der Waals surface area contributed by atoms with E-state index >= 15 is 0 Å². The fourth-order valence-electron chi connectivity index (χ4n) is 2.87. The number of aryl methyl sites for hydroxylation is 2. The molecule has 2 aromatic carbocycles. The summed E-state index contributed by atoms with van der Waals surface area (Å²) in [5, 5.41) is 9.66. The Kier molecular flexibility index (Phi) is 5.84. The number of aromatic nitrogens is 2. The highest BCUT2D eigenvalue weighted by atomic mass is 16.5. The molecular formula is C22H22N4O3. The second kappa shape index (κ2) is 8.48. The van der Waals surface area contributed by atoms with Crippen molar-refractivity contribution in [3.05, 3.63) is 52.8 Å². The van der Waals surface area contributed by atoms with Crippen molar-refractivity contribution in [2.45, 2.75) is 20.8 Å². The number of hydrogen-bond acceptors (Lipinski definition) is 5. The number of amides is 1. The number of rotatable bonds is 7. The lowest BCUT2D eigenvalue weighted by atomic mass is 10.1. The quantitative estimate of drug-likeness (QED) is 0.599. The van der Waals surface area contributed by atoms with Crippen LogP contribution in [0.25, 0.3) is 22.7 Å². The zero-order chi connectivity index (χ0) is 21.0. The molecule has 3 aromatic rings. The van der Waals surface area contributed by atoms with Crippen molar-refractivity contribution < 1.29 is 14.3 Å². The van der Waals surface area contributed by atoms with Gasteiger partial charge in [-0.1, -0.05) is 6.07 Å². The first-order valence-corrected chi connectivity index (χ1v) is 9.18. The minimum atomic E-state index is -0.571. The normalized spacial score (nSPS) is 11.3. The Morgan fingerprint density at radius 1 is 1.21 bits per heavy atom. The molecule has 0 aliphatic rings. The van der Waals surface area contributed by atoms with Gasteiger partial charge in [0.1, 0.15) is 11.9 Å². The second-order valence-electron chi connectivity index (χ2n) is 6.60. The maximum absolute atomic E-state index is 11.0. The Morgan fingerprint density at radius 3 is 2.66 bits per heavy atom. The first-order chi connectivity index (χ1) is 13.9. The van der Waals surface area contributed by atoms with Crippen LogP contribution in [0, 0.1) is 25.2 Å². The number of benzene rings is 2. The van der Waals surface area contributed by atoms with Gasteiger partial charge < -0.3 is 20.2 Å². The Hall–Kier alpha value is -3.79. The number of carbonyl (C=O) groups is 1. The highest BCUT2D eigenvalue weighted by Gasteiger charge is 2.11. The van der Waals surface area contributed by atoms with Crippen molar-refractivity contribution in [3.8, 4) is 17.6 Å². The molecule has 0 saturated heterocycles. The molecule has 7 nitrogen and oxygen atoms in total. The maximum atomic E-state index is 11.0. The molecule has 0 radical (unpaired) electrons. The Bertz CT molecular complexity index is 1100. The minimum absolute atomic E-state index is 0.240. The fraction of sp³-hybridized carbons (Fsp3) is 0.227. The molecule has 148 valence electrons. The monoisotopic (exact) mass is 390 g/mol. The Balaban J connectivity index is 1.97. The van der Waals surface area contributed by atoms with Crippen LogP contribution in [0.2, 0.25) is 0 Å². The number of nitrogens with two attached hydrogens (primary N) is 1. The van der Waals surface area contributed by atoms with Crippen molar-refractivity contribution in [3.63, 3.8) is 0 Å². The second-order valence-corrected chi connectivity index (χ2v) is 6.60. The molecule has 0 aliphatic carbocycles. The summed E-state index contributed by atoms with van der Waals surface area (Å²) in [6.45, 7) is 6.10. The van der Waals surface area contributed by atoms with Gasteiger partial charge in [-0.3, -0.25) is 4.79 Å². The van der Waals surface area contributed by atoms with E-state index in [2.05, 4.69) is 16.0 Å². The van der Waals surface area contributed by atoms with Crippen LogP contribution in [0.4, 0.5) is 0 Å². The summed E-state index contributed by atoms with van der Waals surface area (Å²) in [6.07, 6.45) is 1.72. The smallest absolute Gasteiger partial charge is 0.255 e. The highest BCUT2D eigenvalue weighted by Crippen LogP contribution is 2.30. The van der Waals surface area contributed by atoms with Crippen molar-refractivity contribution in [1.82, 2.24) is 9.97 Å². The third kappa shape index (κ3) is 4.55. The third-order valence-corrected chi connectivity index (χ3v) is 4.42. The number of fused-ring (bicyclic) bond motifs is 1. The lowest BCUT2D eigenvalue weighted by Crippen LogP contribution is -2.20. The van der Waals surface area contributed by atoms with Gasteiger partial charge in [0.15, 0.2) is 18.1 Å². The predicted octanol–water partition coefficient (Wildman–Crippen LogP) is 3.51. The van der Waals surface area contributed by atoms with Gasteiger partial charge in [-0.25, -0.2) is 4.98 Å². The number of imidazole rings is 1. The van der Waals surface area contributed by atoms with E-state index < -0.39 is 5.91 Å². The van der Waals surface area contributed by atoms with Gasteiger partial charge in [-0.15, -0.1) is 0 Å². The number of allylic oxidation sites excluding steroid dienone is 1. The van der Waals surface area contributed by atoms with E-state index in [-0.39, 0.29) is 6.61 Å². The van der Waals surface area contributed by atoms with Gasteiger partial charge >= 0.3 is 0 Å². The van der Waals surface area contributed by atoms with Crippen LogP contribution in [0.5, 0.6) is 11.5 Å². The van der Waals surface area contributed by atoms with Gasteiger partial charge in [-0.2, -0.15) is 5.26 Å². The summed E-state index contributed by atoms with van der Waals surface area (Å²) in [6, 6.07) is 11.4. The summed E-state index contributed by atoms with van der Waals surface area (Å²) in [5.41, 5.74) is 10.3. The molecule has 29 heavy (non-hydrogen) atoms. The standard InChI is InChI=1S/C22H22N4O3/c1-4-28-20-10-15(5-6-19(20)29-12-21(24)27)9-16(11-23)22-25-17-7-13(2)14(3)8-18(17)26-22/h5-10H,4,12H2,1-3H3,(H2,24,27)(H,25,26). The minimum Gasteiger partial charge on any atom is -0.490 e. The molecule has 1 amide bonds. The average molecular weight is 390 g/mol. The molecule has 1 aromatic heterocycles. The van der Waals surface area contributed by atoms with Gasteiger partial charge in [0.2, 0.25) is 0 Å². The molecule has 1 heterocycles. The van der Waals surface area contributed by atoms with Crippen LogP contribution in [0.15, 0.2) is 30.3 Å². The Labute approximate surface area is 168 Å². The van der Waals surface area contributed by atoms with Crippen molar-refractivity contribution in [2.75, 3.05) is 13.2 Å². The van der Waals surface area contributed by atoms with E-state index in [0.29, 0.717) is 29.5 Å². The number of aromatic amines is 1. The fourth-order valence-corrected chi connectivity index (χ4v) is 2.87. The van der Waals surface area contributed by atoms with Gasteiger partial charge in [-0.05, 0) is 67.8 Å². The molecule has 0 fully saturated rings. The lowest BCUT2D eigenvalue weighted by Gasteiger charge is -2.11. The molecule has 3 rings (SSSR count). The van der Waals surface area contributed by atoms with E-state index in [1.54, 1.807) is 24.3 Å². The number of nitrogens with one attached hydrogen (secondary N) is 1. The Morgan fingerprint density at radius 2 is 1.97 bits per heavy atom. The summed E-state index contributed by atoms with van der Waals surface area (Å²) >= 11 is 0. The molecule has 7 heteroatoms. The SMILES string of the molecule is CCOc1cc(C=C(C#N)c2nc3cc(C)c(C)cc3[nH]2)ccc1OCC(N)=O. The zero-order valence-corrected chi connectivity index (χ0v) is 16.6. The number of H-pyrrole nitrogens is 1. The largest absolute Gasteiger partial charge is 0.490 e. The van der Waals surface area contributed by atoms with E-state index in [1.165, 1.54) is 0 Å². The molecule has 0 atom stereocenters. The van der Waals surface area contributed by atoms with Crippen molar-refractivity contribution in [1.29, 1.82) is 5.26 Å². The van der Waals surface area contributed by atoms with Crippen LogP contribution >= 0.6 is 0 Å². The van der Waals surface area contributed by atoms with Crippen LogP contribution in [0.3, 0.4) is 0 Å². The van der Waals surface area contributed by atoms with Gasteiger partial charge in [0, 0.05) is 0 Å². The summed E-state index contributed by atoms with van der Waals surface area (Å²) in [5.74, 6) is 0.810. The predicted molar refractivity (Wildman–Crippen MR) is 111 cm³/mol. The topological polar surface area (TPSA) is 114 Å². The average Bonchev–Trinajstić information content (AvgIpc) is 3.08. The number of primary amides is 1. The van der Waals surface area contributed by atoms with E-state index in [9.17, 15) is 10.1 Å². The van der Waals surface area contributed by atoms with Crippen molar-refractivity contribution >= 4 is 28.6 Å². The summed E-state index contributed by atoms with van der Waals surface area (Å²) < 4.78 is 11.0.